The first-order valence-electron chi connectivity index (χ1n) is 5.02. The summed E-state index contributed by atoms with van der Waals surface area (Å²) in [4.78, 5) is 25.4. The maximum absolute atomic E-state index is 11.9. The van der Waals surface area contributed by atoms with Crippen molar-refractivity contribution in [1.29, 1.82) is 0 Å². The van der Waals surface area contributed by atoms with Crippen molar-refractivity contribution in [2.45, 2.75) is 0 Å². The fraction of sp³-hybridized carbons (Fsp3) is 0. The Morgan fingerprint density at radius 2 is 2.06 bits per heavy atom. The van der Waals surface area contributed by atoms with Crippen molar-refractivity contribution in [1.82, 2.24) is 4.98 Å². The number of benzene rings is 1. The minimum Gasteiger partial charge on any atom is -0.319 e. The Hall–Kier alpha value is -1.59. The number of nitrogens with one attached hydrogen (secondary N) is 2. The predicted octanol–water partition coefficient (Wildman–Crippen LogP) is 3.04. The molecule has 18 heavy (non-hydrogen) atoms. The van der Waals surface area contributed by atoms with Crippen LogP contribution in [0.1, 0.15) is 10.5 Å². The summed E-state index contributed by atoms with van der Waals surface area (Å²) in [7, 11) is 0. The zero-order chi connectivity index (χ0) is 13.1. The number of aromatic amines is 1. The van der Waals surface area contributed by atoms with Crippen LogP contribution < -0.4 is 10.9 Å². The van der Waals surface area contributed by atoms with Crippen molar-refractivity contribution in [3.8, 4) is 0 Å². The highest BCUT2D eigenvalue weighted by Crippen LogP contribution is 2.25. The normalized spacial score (nSPS) is 10.1. The molecule has 2 N–H and O–H groups in total. The average molecular weight is 328 g/mol. The molecular weight excluding hydrogens is 320 g/mol. The average Bonchev–Trinajstić information content (AvgIpc) is 2.34. The third-order valence-electron chi connectivity index (χ3n) is 2.19. The van der Waals surface area contributed by atoms with E-state index in [0.717, 1.165) is 4.47 Å². The van der Waals surface area contributed by atoms with Crippen LogP contribution >= 0.6 is 27.5 Å². The maximum Gasteiger partial charge on any atom is 0.272 e. The molecule has 0 spiro atoms. The molecule has 0 fully saturated rings. The largest absolute Gasteiger partial charge is 0.319 e. The quantitative estimate of drug-likeness (QED) is 0.890. The van der Waals surface area contributed by atoms with E-state index in [1.165, 1.54) is 18.2 Å². The lowest BCUT2D eigenvalue weighted by Crippen LogP contribution is -2.18. The van der Waals surface area contributed by atoms with Gasteiger partial charge in [0.25, 0.3) is 5.91 Å². The Balaban J connectivity index is 2.26. The number of carbonyl (C=O) groups excluding carboxylic acids is 1. The monoisotopic (exact) mass is 326 g/mol. The number of anilines is 1. The molecule has 0 bridgehead atoms. The smallest absolute Gasteiger partial charge is 0.272 e. The highest BCUT2D eigenvalue weighted by Gasteiger charge is 2.09. The van der Waals surface area contributed by atoms with Crippen LogP contribution in [0.3, 0.4) is 0 Å². The highest BCUT2D eigenvalue weighted by molar-refractivity contribution is 9.10. The first-order chi connectivity index (χ1) is 8.56. The lowest BCUT2D eigenvalue weighted by molar-refractivity contribution is 0.102. The third-order valence-corrected chi connectivity index (χ3v) is 3.01. The van der Waals surface area contributed by atoms with Gasteiger partial charge in [-0.1, -0.05) is 33.6 Å². The summed E-state index contributed by atoms with van der Waals surface area (Å²) < 4.78 is 0.795. The molecule has 4 nitrogen and oxygen atoms in total. The summed E-state index contributed by atoms with van der Waals surface area (Å²) >= 11 is 9.24. The molecule has 6 heteroatoms. The van der Waals surface area contributed by atoms with E-state index < -0.39 is 5.91 Å². The first kappa shape index (κ1) is 12.9. The molecule has 1 heterocycles. The second-order valence-corrected chi connectivity index (χ2v) is 4.83. The van der Waals surface area contributed by atoms with Gasteiger partial charge in [-0.05, 0) is 24.3 Å². The summed E-state index contributed by atoms with van der Waals surface area (Å²) in [5.74, 6) is -0.423. The number of hydrogen-bond donors (Lipinski definition) is 2. The SMILES string of the molecule is O=C(Nc1cc(Br)ccc1Cl)c1cccc(=O)[nH]1. The highest BCUT2D eigenvalue weighted by atomic mass is 79.9. The van der Waals surface area contributed by atoms with Crippen molar-refractivity contribution >= 4 is 39.1 Å². The van der Waals surface area contributed by atoms with Crippen LogP contribution in [0.5, 0.6) is 0 Å². The second kappa shape index (κ2) is 5.37. The summed E-state index contributed by atoms with van der Waals surface area (Å²) in [5, 5.41) is 3.04. The van der Waals surface area contributed by atoms with E-state index in [4.69, 9.17) is 11.6 Å². The molecule has 2 rings (SSSR count). The Labute approximate surface area is 116 Å². The standard InChI is InChI=1S/C12H8BrClN2O2/c13-7-4-5-8(14)10(6-7)16-12(18)9-2-1-3-11(17)15-9/h1-6H,(H,15,17)(H,16,18). The molecule has 0 aliphatic rings. The molecule has 2 aromatic rings. The topological polar surface area (TPSA) is 62.0 Å². The molecule has 1 amide bonds. The van der Waals surface area contributed by atoms with Crippen molar-refractivity contribution < 1.29 is 4.79 Å². The summed E-state index contributed by atoms with van der Waals surface area (Å²) in [6, 6.07) is 9.47. The number of rotatable bonds is 2. The van der Waals surface area contributed by atoms with Gasteiger partial charge in [0.2, 0.25) is 5.56 Å². The molecule has 0 aliphatic carbocycles. The Morgan fingerprint density at radius 3 is 2.78 bits per heavy atom. The van der Waals surface area contributed by atoms with Crippen molar-refractivity contribution in [3.05, 3.63) is 61.9 Å². The van der Waals surface area contributed by atoms with E-state index in [1.54, 1.807) is 18.2 Å². The maximum atomic E-state index is 11.9. The molecule has 0 saturated heterocycles. The number of amides is 1. The van der Waals surface area contributed by atoms with E-state index in [0.29, 0.717) is 10.7 Å². The van der Waals surface area contributed by atoms with E-state index >= 15 is 0 Å². The zero-order valence-electron chi connectivity index (χ0n) is 9.04. The van der Waals surface area contributed by atoms with Crippen molar-refractivity contribution in [2.75, 3.05) is 5.32 Å². The predicted molar refractivity (Wildman–Crippen MR) is 74.2 cm³/mol. The fourth-order valence-corrected chi connectivity index (χ4v) is 1.89. The summed E-state index contributed by atoms with van der Waals surface area (Å²) in [6.45, 7) is 0. The lowest BCUT2D eigenvalue weighted by Gasteiger charge is -2.07. The summed E-state index contributed by atoms with van der Waals surface area (Å²) in [5.41, 5.74) is 0.322. The van der Waals surface area contributed by atoms with Crippen LogP contribution in [0.25, 0.3) is 0 Å². The van der Waals surface area contributed by atoms with Gasteiger partial charge in [0.15, 0.2) is 0 Å². The molecule has 0 saturated carbocycles. The number of H-pyrrole nitrogens is 1. The minimum absolute atomic E-state index is 0.179. The molecule has 1 aromatic carbocycles. The van der Waals surface area contributed by atoms with Crippen LogP contribution in [0.2, 0.25) is 5.02 Å². The van der Waals surface area contributed by atoms with Crippen LogP contribution in [-0.4, -0.2) is 10.9 Å². The molecule has 1 aromatic heterocycles. The van der Waals surface area contributed by atoms with Gasteiger partial charge in [-0.2, -0.15) is 0 Å². The zero-order valence-corrected chi connectivity index (χ0v) is 11.4. The number of pyridine rings is 1. The van der Waals surface area contributed by atoms with Gasteiger partial charge < -0.3 is 10.3 Å². The Bertz CT molecular complexity index is 655. The van der Waals surface area contributed by atoms with Gasteiger partial charge in [0.05, 0.1) is 10.7 Å². The van der Waals surface area contributed by atoms with Gasteiger partial charge in [0, 0.05) is 10.5 Å². The van der Waals surface area contributed by atoms with Crippen molar-refractivity contribution in [2.24, 2.45) is 0 Å². The number of carbonyl (C=O) groups is 1. The van der Waals surface area contributed by atoms with Gasteiger partial charge >= 0.3 is 0 Å². The lowest BCUT2D eigenvalue weighted by atomic mass is 10.3. The minimum atomic E-state index is -0.423. The van der Waals surface area contributed by atoms with Crippen LogP contribution in [0.15, 0.2) is 45.7 Å². The van der Waals surface area contributed by atoms with E-state index in [-0.39, 0.29) is 11.3 Å². The van der Waals surface area contributed by atoms with E-state index in [1.807, 2.05) is 0 Å². The number of halogens is 2. The third kappa shape index (κ3) is 3.00. The van der Waals surface area contributed by atoms with Crippen LogP contribution in [0, 0.1) is 0 Å². The molecule has 0 atom stereocenters. The fourth-order valence-electron chi connectivity index (χ4n) is 1.36. The van der Waals surface area contributed by atoms with Gasteiger partial charge in [0.1, 0.15) is 5.69 Å². The van der Waals surface area contributed by atoms with Gasteiger partial charge in [-0.15, -0.1) is 0 Å². The van der Waals surface area contributed by atoms with Crippen molar-refractivity contribution in [3.63, 3.8) is 0 Å². The molecule has 0 unspecified atom stereocenters. The van der Waals surface area contributed by atoms with Crippen LogP contribution in [0.4, 0.5) is 5.69 Å². The number of hydrogen-bond acceptors (Lipinski definition) is 2. The second-order valence-electron chi connectivity index (χ2n) is 3.51. The Morgan fingerprint density at radius 1 is 1.28 bits per heavy atom. The van der Waals surface area contributed by atoms with Gasteiger partial charge in [-0.25, -0.2) is 0 Å². The van der Waals surface area contributed by atoms with E-state index in [9.17, 15) is 9.59 Å². The summed E-state index contributed by atoms with van der Waals surface area (Å²) in [6.07, 6.45) is 0. The molecular formula is C12H8BrClN2O2. The van der Waals surface area contributed by atoms with Gasteiger partial charge in [-0.3, -0.25) is 9.59 Å². The van der Waals surface area contributed by atoms with E-state index in [2.05, 4.69) is 26.2 Å². The molecule has 0 radical (unpaired) electrons. The van der Waals surface area contributed by atoms with Crippen LogP contribution in [-0.2, 0) is 0 Å². The molecule has 92 valence electrons. The number of aromatic nitrogens is 1. The Kier molecular flexibility index (Phi) is 3.84. The molecule has 0 aliphatic heterocycles. The first-order valence-corrected chi connectivity index (χ1v) is 6.19.